The molecular weight excluding hydrogens is 849 g/mol. The number of nitrogens with one attached hydrogen (secondary N) is 4. The first kappa shape index (κ1) is 54.5. The van der Waals surface area contributed by atoms with Crippen LogP contribution < -0.4 is 21.3 Å². The van der Waals surface area contributed by atoms with Crippen molar-refractivity contribution in [2.75, 3.05) is 52.5 Å². The van der Waals surface area contributed by atoms with Crippen molar-refractivity contribution in [1.82, 2.24) is 30.3 Å². The number of amides is 5. The predicted octanol–water partition coefficient (Wildman–Crippen LogP) is 6.37. The average molecular weight is 929 g/mol. The van der Waals surface area contributed by atoms with Gasteiger partial charge >= 0.3 is 0 Å². The normalized spacial score (nSPS) is 17.7. The molecule has 1 fully saturated rings. The van der Waals surface area contributed by atoms with Crippen molar-refractivity contribution >= 4 is 51.8 Å². The van der Waals surface area contributed by atoms with E-state index in [0.717, 1.165) is 22.2 Å². The first-order valence-electron chi connectivity index (χ1n) is 24.1. The molecule has 9 atom stereocenters. The Hall–Kier alpha value is -5.12. The lowest BCUT2D eigenvalue weighted by molar-refractivity contribution is -0.148. The number of carbonyl (C=O) groups is 5. The fourth-order valence-electron chi connectivity index (χ4n) is 9.60. The highest BCUT2D eigenvalue weighted by Gasteiger charge is 2.43. The summed E-state index contributed by atoms with van der Waals surface area (Å²) < 4.78 is 12.2. The Morgan fingerprint density at radius 3 is 2.07 bits per heavy atom. The van der Waals surface area contributed by atoms with Gasteiger partial charge in [-0.05, 0) is 88.4 Å². The van der Waals surface area contributed by atoms with Crippen molar-refractivity contribution in [3.63, 3.8) is 0 Å². The zero-order chi connectivity index (χ0) is 49.7. The second-order valence-electron chi connectivity index (χ2n) is 19.6. The van der Waals surface area contributed by atoms with E-state index in [-0.39, 0.29) is 60.3 Å². The van der Waals surface area contributed by atoms with E-state index in [1.165, 1.54) is 0 Å². The quantitative estimate of drug-likeness (QED) is 0.0791. The Balaban J connectivity index is 1.53. The smallest absolute Gasteiger partial charge is 0.247 e. The summed E-state index contributed by atoms with van der Waals surface area (Å²) in [7, 11) is 8.54. The molecule has 3 unspecified atom stereocenters. The highest BCUT2D eigenvalue weighted by atomic mass is 16.5. The minimum absolute atomic E-state index is 0.0112. The van der Waals surface area contributed by atoms with Gasteiger partial charge in [0.2, 0.25) is 29.5 Å². The molecule has 67 heavy (non-hydrogen) atoms. The van der Waals surface area contributed by atoms with Crippen LogP contribution in [0.4, 0.5) is 11.4 Å². The van der Waals surface area contributed by atoms with Crippen LogP contribution in [0.15, 0.2) is 60.8 Å². The number of fused-ring (bicyclic) bond motifs is 1. The largest absolute Gasteiger partial charge is 0.383 e. The molecule has 4 N–H and O–H groups in total. The van der Waals surface area contributed by atoms with Gasteiger partial charge in [-0.25, -0.2) is 0 Å². The maximum absolute atomic E-state index is 14.5. The second kappa shape index (κ2) is 25.3. The van der Waals surface area contributed by atoms with E-state index in [2.05, 4.69) is 40.1 Å². The molecule has 370 valence electrons. The van der Waals surface area contributed by atoms with Crippen LogP contribution in [0, 0.1) is 23.7 Å². The Labute approximate surface area is 399 Å². The van der Waals surface area contributed by atoms with E-state index in [1.807, 2.05) is 115 Å². The van der Waals surface area contributed by atoms with Crippen LogP contribution in [0.25, 0.3) is 10.9 Å². The first-order chi connectivity index (χ1) is 31.7. The number of aromatic nitrogens is 1. The number of likely N-dealkylation sites (N-methyl/N-ethyl adjacent to an activating group) is 2. The number of pyridine rings is 1. The van der Waals surface area contributed by atoms with E-state index in [0.29, 0.717) is 31.5 Å². The Morgan fingerprint density at radius 2 is 1.49 bits per heavy atom. The molecular formula is C52H80N8O7. The first-order valence-corrected chi connectivity index (χ1v) is 24.1. The van der Waals surface area contributed by atoms with Crippen LogP contribution in [0.3, 0.4) is 0 Å². The van der Waals surface area contributed by atoms with Crippen LogP contribution in [0.5, 0.6) is 0 Å². The molecule has 1 saturated heterocycles. The lowest BCUT2D eigenvalue weighted by atomic mass is 9.89. The Morgan fingerprint density at radius 1 is 0.821 bits per heavy atom. The fraction of sp³-hybridized carbons (Fsp3) is 0.615. The van der Waals surface area contributed by atoms with Crippen molar-refractivity contribution in [3.8, 4) is 0 Å². The molecule has 0 saturated carbocycles. The molecule has 0 spiro atoms. The molecule has 15 heteroatoms. The summed E-state index contributed by atoms with van der Waals surface area (Å²) in [6.07, 6.45) is 2.50. The van der Waals surface area contributed by atoms with Crippen LogP contribution >= 0.6 is 0 Å². The lowest BCUT2D eigenvalue weighted by Crippen LogP contribution is -2.59. The van der Waals surface area contributed by atoms with Crippen molar-refractivity contribution in [2.45, 2.75) is 143 Å². The molecule has 1 aromatic heterocycles. The molecule has 2 aromatic carbocycles. The van der Waals surface area contributed by atoms with Crippen LogP contribution in [0.1, 0.15) is 93.6 Å². The number of hydrogen-bond acceptors (Lipinski definition) is 10. The number of carbonyl (C=O) groups excluding carboxylic acids is 5. The van der Waals surface area contributed by atoms with Crippen molar-refractivity contribution in [1.29, 1.82) is 0 Å². The van der Waals surface area contributed by atoms with Gasteiger partial charge in [-0.15, -0.1) is 0 Å². The van der Waals surface area contributed by atoms with Gasteiger partial charge in [0.25, 0.3) is 0 Å². The zero-order valence-corrected chi connectivity index (χ0v) is 42.6. The van der Waals surface area contributed by atoms with E-state index in [9.17, 15) is 24.0 Å². The number of para-hydroxylation sites is 1. The standard InChI is InChI=1S/C52H80N8O7/c1-15-34(8)47(59(12)52(65)45(31(2)3)57-51(64)46(32(4)5)58(10)11)43(66-13)29-44(61)60-26-18-21-42(60)48(67-14)35(9)49(62)56-41(27-36-22-24-38(25-23-36)54-33(6)7)50(63)55-39-28-37-19-16-17-20-40(37)53-30-39/h16-17,19-20,22-25,28,30-35,41-43,45-48,54H,15,18,21,26-27,29H2,1-14H3,(H,55,63)(H,56,62)(H,57,64)/t34-,35+,41-,42?,43+,45-,46?,47?,48+/m0/s1. The highest BCUT2D eigenvalue weighted by molar-refractivity contribution is 5.99. The van der Waals surface area contributed by atoms with Gasteiger partial charge < -0.3 is 40.5 Å². The summed E-state index contributed by atoms with van der Waals surface area (Å²) in [6.45, 7) is 18.2. The van der Waals surface area contributed by atoms with Gasteiger partial charge in [-0.3, -0.25) is 33.9 Å². The van der Waals surface area contributed by atoms with Gasteiger partial charge in [-0.2, -0.15) is 0 Å². The third-order valence-electron chi connectivity index (χ3n) is 13.3. The maximum atomic E-state index is 14.5. The molecule has 0 aliphatic carbocycles. The predicted molar refractivity (Wildman–Crippen MR) is 266 cm³/mol. The number of likely N-dealkylation sites (tertiary alicyclic amines) is 1. The topological polar surface area (TPSA) is 175 Å². The Bertz CT molecular complexity index is 2090. The van der Waals surface area contributed by atoms with Crippen LogP contribution in [-0.4, -0.2) is 140 Å². The lowest BCUT2D eigenvalue weighted by Gasteiger charge is -2.41. The molecule has 5 amide bonds. The van der Waals surface area contributed by atoms with Crippen molar-refractivity contribution < 1.29 is 33.4 Å². The van der Waals surface area contributed by atoms with Crippen molar-refractivity contribution in [2.24, 2.45) is 23.7 Å². The van der Waals surface area contributed by atoms with Crippen molar-refractivity contribution in [3.05, 3.63) is 66.4 Å². The minimum Gasteiger partial charge on any atom is -0.383 e. The SMILES string of the molecule is CC[C@H](C)C([C@@H](CC(=O)N1CCCC1[C@H](OC)[C@@H](C)C(=O)N[C@@H](Cc1ccc(NC(C)C)cc1)C(=O)Nc1cnc2ccccc2c1)OC)N(C)C(=O)[C@@H](NC(=O)C(C(C)C)N(C)C)C(C)C. The van der Waals surface area contributed by atoms with Gasteiger partial charge in [0.05, 0.1) is 60.1 Å². The molecule has 4 rings (SSSR count). The summed E-state index contributed by atoms with van der Waals surface area (Å²) in [4.78, 5) is 80.7. The monoisotopic (exact) mass is 929 g/mol. The number of ether oxygens (including phenoxy) is 2. The molecule has 0 radical (unpaired) electrons. The number of anilines is 2. The number of benzene rings is 2. The van der Waals surface area contributed by atoms with Gasteiger partial charge in [0.15, 0.2) is 0 Å². The third-order valence-corrected chi connectivity index (χ3v) is 13.3. The number of nitrogens with zero attached hydrogens (tertiary/aromatic N) is 4. The molecule has 1 aliphatic rings. The van der Waals surface area contributed by atoms with E-state index in [1.54, 1.807) is 44.2 Å². The maximum Gasteiger partial charge on any atom is 0.247 e. The minimum atomic E-state index is -0.947. The van der Waals surface area contributed by atoms with Crippen LogP contribution in [0.2, 0.25) is 0 Å². The average Bonchev–Trinajstić information content (AvgIpc) is 3.77. The van der Waals surface area contributed by atoms with E-state index < -0.39 is 54.2 Å². The van der Waals surface area contributed by atoms with Gasteiger partial charge in [-0.1, -0.05) is 85.2 Å². The van der Waals surface area contributed by atoms with Crippen LogP contribution in [-0.2, 0) is 39.9 Å². The molecule has 15 nitrogen and oxygen atoms in total. The Kier molecular flexibility index (Phi) is 20.6. The molecule has 3 aromatic rings. The molecule has 0 bridgehead atoms. The van der Waals surface area contributed by atoms with Gasteiger partial charge in [0.1, 0.15) is 12.1 Å². The second-order valence-corrected chi connectivity index (χ2v) is 19.6. The fourth-order valence-corrected chi connectivity index (χ4v) is 9.60. The molecule has 1 aliphatic heterocycles. The summed E-state index contributed by atoms with van der Waals surface area (Å²) >= 11 is 0. The summed E-state index contributed by atoms with van der Waals surface area (Å²) in [5.74, 6) is -2.38. The summed E-state index contributed by atoms with van der Waals surface area (Å²) in [5, 5.41) is 13.3. The van der Waals surface area contributed by atoms with E-state index >= 15 is 0 Å². The molecule has 2 heterocycles. The van der Waals surface area contributed by atoms with E-state index in [4.69, 9.17) is 9.47 Å². The highest BCUT2D eigenvalue weighted by Crippen LogP contribution is 2.30. The third kappa shape index (κ3) is 14.4. The number of methoxy groups -OCH3 is 2. The zero-order valence-electron chi connectivity index (χ0n) is 42.6. The number of hydrogen-bond donors (Lipinski definition) is 4. The summed E-state index contributed by atoms with van der Waals surface area (Å²) in [5.41, 5.74) is 3.12. The summed E-state index contributed by atoms with van der Waals surface area (Å²) in [6, 6.07) is 14.5. The van der Waals surface area contributed by atoms with Gasteiger partial charge in [0, 0.05) is 51.3 Å². The number of rotatable bonds is 24.